The minimum absolute atomic E-state index is 0.650. The van der Waals surface area contributed by atoms with Crippen LogP contribution in [-0.2, 0) is 0 Å². The Morgan fingerprint density at radius 3 is 1.95 bits per heavy atom. The molecular formula is C14H23ClN6. The van der Waals surface area contributed by atoms with Crippen molar-refractivity contribution in [2.45, 2.75) is 0 Å². The summed E-state index contributed by atoms with van der Waals surface area (Å²) < 4.78 is 0. The SMILES string of the molecule is CN1CCN(c2ncc(Cl)c(N3CCN(C)CC3)n2)CC1. The van der Waals surface area contributed by atoms with Crippen LogP contribution in [0.2, 0.25) is 5.02 Å². The van der Waals surface area contributed by atoms with Crippen molar-refractivity contribution >= 4 is 23.4 Å². The van der Waals surface area contributed by atoms with Gasteiger partial charge in [0.15, 0.2) is 5.82 Å². The van der Waals surface area contributed by atoms with Gasteiger partial charge in [-0.2, -0.15) is 4.98 Å². The van der Waals surface area contributed by atoms with Crippen LogP contribution in [0.15, 0.2) is 6.20 Å². The Kier molecular flexibility index (Phi) is 4.47. The van der Waals surface area contributed by atoms with Crippen LogP contribution in [0.25, 0.3) is 0 Å². The minimum Gasteiger partial charge on any atom is -0.353 e. The van der Waals surface area contributed by atoms with Crippen molar-refractivity contribution in [2.75, 3.05) is 76.3 Å². The van der Waals surface area contributed by atoms with Gasteiger partial charge in [0.2, 0.25) is 5.95 Å². The van der Waals surface area contributed by atoms with E-state index in [1.807, 2.05) is 0 Å². The molecule has 2 fully saturated rings. The number of aromatic nitrogens is 2. The second-order valence-electron chi connectivity index (χ2n) is 5.92. The molecule has 2 saturated heterocycles. The predicted octanol–water partition coefficient (Wildman–Crippen LogP) is 0.634. The maximum absolute atomic E-state index is 6.32. The molecule has 0 aromatic carbocycles. The van der Waals surface area contributed by atoms with Crippen LogP contribution in [0, 0.1) is 0 Å². The number of piperazine rings is 2. The van der Waals surface area contributed by atoms with E-state index < -0.39 is 0 Å². The number of halogens is 1. The quantitative estimate of drug-likeness (QED) is 0.798. The van der Waals surface area contributed by atoms with Crippen LogP contribution in [-0.4, -0.2) is 86.2 Å². The molecule has 2 aliphatic rings. The summed E-state index contributed by atoms with van der Waals surface area (Å²) in [6.07, 6.45) is 1.75. The first kappa shape index (κ1) is 14.8. The van der Waals surface area contributed by atoms with E-state index in [0.717, 1.165) is 64.1 Å². The van der Waals surface area contributed by atoms with Crippen LogP contribution in [0.3, 0.4) is 0 Å². The molecule has 0 saturated carbocycles. The van der Waals surface area contributed by atoms with E-state index in [0.29, 0.717) is 5.02 Å². The van der Waals surface area contributed by atoms with E-state index in [4.69, 9.17) is 16.6 Å². The highest BCUT2D eigenvalue weighted by atomic mass is 35.5. The van der Waals surface area contributed by atoms with Crippen LogP contribution >= 0.6 is 11.6 Å². The first-order valence-electron chi connectivity index (χ1n) is 7.53. The largest absolute Gasteiger partial charge is 0.353 e. The predicted molar refractivity (Wildman–Crippen MR) is 86.5 cm³/mol. The minimum atomic E-state index is 0.650. The molecule has 0 amide bonds. The number of hydrogen-bond acceptors (Lipinski definition) is 6. The second kappa shape index (κ2) is 6.34. The fourth-order valence-electron chi connectivity index (χ4n) is 2.75. The van der Waals surface area contributed by atoms with E-state index in [1.54, 1.807) is 6.20 Å². The number of rotatable bonds is 2. The van der Waals surface area contributed by atoms with Crippen molar-refractivity contribution in [3.8, 4) is 0 Å². The molecule has 0 bridgehead atoms. The molecular weight excluding hydrogens is 288 g/mol. The molecule has 2 aliphatic heterocycles. The van der Waals surface area contributed by atoms with E-state index in [2.05, 4.69) is 38.7 Å². The van der Waals surface area contributed by atoms with Crippen LogP contribution in [0.5, 0.6) is 0 Å². The molecule has 3 heterocycles. The summed E-state index contributed by atoms with van der Waals surface area (Å²) >= 11 is 6.32. The van der Waals surface area contributed by atoms with Crippen LogP contribution in [0.1, 0.15) is 0 Å². The summed E-state index contributed by atoms with van der Waals surface area (Å²) in [5.74, 6) is 1.69. The lowest BCUT2D eigenvalue weighted by Gasteiger charge is -2.35. The highest BCUT2D eigenvalue weighted by Gasteiger charge is 2.21. The molecule has 1 aromatic heterocycles. The Morgan fingerprint density at radius 2 is 1.38 bits per heavy atom. The second-order valence-corrected chi connectivity index (χ2v) is 6.33. The highest BCUT2D eigenvalue weighted by Crippen LogP contribution is 2.26. The zero-order valence-corrected chi connectivity index (χ0v) is 13.6. The van der Waals surface area contributed by atoms with Crippen molar-refractivity contribution in [3.63, 3.8) is 0 Å². The average Bonchev–Trinajstić information content (AvgIpc) is 2.50. The van der Waals surface area contributed by atoms with Crippen molar-refractivity contribution in [1.82, 2.24) is 19.8 Å². The first-order valence-corrected chi connectivity index (χ1v) is 7.91. The zero-order valence-electron chi connectivity index (χ0n) is 12.8. The summed E-state index contributed by atoms with van der Waals surface area (Å²) in [5, 5.41) is 0.650. The van der Waals surface area contributed by atoms with Crippen molar-refractivity contribution < 1.29 is 0 Å². The molecule has 0 N–H and O–H groups in total. The van der Waals surface area contributed by atoms with Gasteiger partial charge in [-0.1, -0.05) is 11.6 Å². The number of nitrogens with zero attached hydrogens (tertiary/aromatic N) is 6. The highest BCUT2D eigenvalue weighted by molar-refractivity contribution is 6.32. The Morgan fingerprint density at radius 1 is 0.857 bits per heavy atom. The van der Waals surface area contributed by atoms with Crippen molar-refractivity contribution in [3.05, 3.63) is 11.2 Å². The Bertz CT molecular complexity index is 480. The molecule has 21 heavy (non-hydrogen) atoms. The summed E-state index contributed by atoms with van der Waals surface area (Å²) in [6.45, 7) is 8.07. The molecule has 0 unspecified atom stereocenters. The summed E-state index contributed by atoms with van der Waals surface area (Å²) in [4.78, 5) is 18.3. The van der Waals surface area contributed by atoms with Crippen molar-refractivity contribution in [2.24, 2.45) is 0 Å². The number of likely N-dealkylation sites (N-methyl/N-ethyl adjacent to an activating group) is 2. The lowest BCUT2D eigenvalue weighted by atomic mass is 10.3. The van der Waals surface area contributed by atoms with Gasteiger partial charge in [0, 0.05) is 52.4 Å². The third-order valence-electron chi connectivity index (χ3n) is 4.30. The molecule has 0 atom stereocenters. The maximum Gasteiger partial charge on any atom is 0.227 e. The van der Waals surface area contributed by atoms with E-state index in [1.165, 1.54) is 0 Å². The lowest BCUT2D eigenvalue weighted by molar-refractivity contribution is 0.309. The van der Waals surface area contributed by atoms with Crippen LogP contribution < -0.4 is 9.80 Å². The van der Waals surface area contributed by atoms with Gasteiger partial charge >= 0.3 is 0 Å². The van der Waals surface area contributed by atoms with Crippen LogP contribution in [0.4, 0.5) is 11.8 Å². The lowest BCUT2D eigenvalue weighted by Crippen LogP contribution is -2.46. The monoisotopic (exact) mass is 310 g/mol. The molecule has 7 heteroatoms. The van der Waals surface area contributed by atoms with Gasteiger partial charge in [0.1, 0.15) is 5.02 Å². The fourth-order valence-corrected chi connectivity index (χ4v) is 2.96. The molecule has 6 nitrogen and oxygen atoms in total. The van der Waals surface area contributed by atoms with E-state index in [9.17, 15) is 0 Å². The van der Waals surface area contributed by atoms with Gasteiger partial charge in [-0.3, -0.25) is 0 Å². The molecule has 0 radical (unpaired) electrons. The standard InChI is InChI=1S/C14H23ClN6/c1-18-3-7-20(8-4-18)13-12(15)11-16-14(17-13)21-9-5-19(2)6-10-21/h11H,3-10H2,1-2H3. The smallest absolute Gasteiger partial charge is 0.227 e. The molecule has 3 rings (SSSR count). The molecule has 116 valence electrons. The van der Waals surface area contributed by atoms with Gasteiger partial charge < -0.3 is 19.6 Å². The zero-order chi connectivity index (χ0) is 14.8. The fraction of sp³-hybridized carbons (Fsp3) is 0.714. The van der Waals surface area contributed by atoms with Crippen molar-refractivity contribution in [1.29, 1.82) is 0 Å². The summed E-state index contributed by atoms with van der Waals surface area (Å²) in [7, 11) is 4.30. The topological polar surface area (TPSA) is 38.7 Å². The van der Waals surface area contributed by atoms with Gasteiger partial charge in [-0.05, 0) is 14.1 Å². The van der Waals surface area contributed by atoms with Gasteiger partial charge in [0.05, 0.1) is 6.20 Å². The molecule has 0 spiro atoms. The first-order chi connectivity index (χ1) is 10.1. The van der Waals surface area contributed by atoms with Gasteiger partial charge in [-0.25, -0.2) is 4.98 Å². The normalized spacial score (nSPS) is 21.9. The van der Waals surface area contributed by atoms with E-state index in [-0.39, 0.29) is 0 Å². The molecule has 0 aliphatic carbocycles. The van der Waals surface area contributed by atoms with Gasteiger partial charge in [-0.15, -0.1) is 0 Å². The van der Waals surface area contributed by atoms with Gasteiger partial charge in [0.25, 0.3) is 0 Å². The summed E-state index contributed by atoms with van der Waals surface area (Å²) in [5.41, 5.74) is 0. The maximum atomic E-state index is 6.32. The number of hydrogen-bond donors (Lipinski definition) is 0. The third-order valence-corrected chi connectivity index (χ3v) is 4.57. The average molecular weight is 311 g/mol. The Hall–Kier alpha value is -1.11. The third kappa shape index (κ3) is 3.39. The molecule has 1 aromatic rings. The Labute approximate surface area is 131 Å². The van der Waals surface area contributed by atoms with E-state index >= 15 is 0 Å². The number of anilines is 2. The summed E-state index contributed by atoms with van der Waals surface area (Å²) in [6, 6.07) is 0. The Balaban J connectivity index is 1.76.